The molecule has 0 spiro atoms. The van der Waals surface area contributed by atoms with Crippen molar-refractivity contribution in [3.8, 4) is 0 Å². The van der Waals surface area contributed by atoms with Gasteiger partial charge in [0.2, 0.25) is 0 Å². The number of morpholine rings is 1. The maximum Gasteiger partial charge on any atom is 0.253 e. The molecule has 2 aliphatic heterocycles. The normalized spacial score (nSPS) is 21.1. The van der Waals surface area contributed by atoms with Crippen LogP contribution in [0.5, 0.6) is 0 Å². The van der Waals surface area contributed by atoms with Crippen molar-refractivity contribution in [1.29, 1.82) is 0 Å². The van der Waals surface area contributed by atoms with E-state index < -0.39 is 0 Å². The highest BCUT2D eigenvalue weighted by molar-refractivity contribution is 5.94. The van der Waals surface area contributed by atoms with E-state index in [1.165, 1.54) is 6.07 Å². The molecule has 0 unspecified atom stereocenters. The van der Waals surface area contributed by atoms with E-state index in [0.717, 1.165) is 13.0 Å². The van der Waals surface area contributed by atoms with E-state index >= 15 is 0 Å². The van der Waals surface area contributed by atoms with Gasteiger partial charge < -0.3 is 19.3 Å². The maximum absolute atomic E-state index is 14.5. The number of benzene rings is 1. The van der Waals surface area contributed by atoms with Gasteiger partial charge in [0.25, 0.3) is 5.91 Å². The van der Waals surface area contributed by atoms with Gasteiger partial charge in [-0.1, -0.05) is 0 Å². The lowest BCUT2D eigenvalue weighted by Crippen LogP contribution is -2.37. The third-order valence-electron chi connectivity index (χ3n) is 4.72. The Kier molecular flexibility index (Phi) is 5.68. The molecule has 2 heterocycles. The summed E-state index contributed by atoms with van der Waals surface area (Å²) in [6.45, 7) is 7.25. The molecule has 1 aromatic carbocycles. The van der Waals surface area contributed by atoms with Gasteiger partial charge in [0, 0.05) is 44.3 Å². The van der Waals surface area contributed by atoms with E-state index in [9.17, 15) is 9.18 Å². The van der Waals surface area contributed by atoms with Gasteiger partial charge in [-0.15, -0.1) is 0 Å². The molecule has 0 saturated carbocycles. The zero-order valence-corrected chi connectivity index (χ0v) is 14.2. The van der Waals surface area contributed by atoms with Crippen LogP contribution in [0.15, 0.2) is 18.2 Å². The molecule has 2 fully saturated rings. The molecule has 2 aliphatic rings. The van der Waals surface area contributed by atoms with Crippen LogP contribution in [0.2, 0.25) is 0 Å². The van der Waals surface area contributed by atoms with Crippen LogP contribution < -0.4 is 4.90 Å². The lowest BCUT2D eigenvalue weighted by Gasteiger charge is -2.29. The zero-order valence-electron chi connectivity index (χ0n) is 14.2. The lowest BCUT2D eigenvalue weighted by atomic mass is 10.1. The summed E-state index contributed by atoms with van der Waals surface area (Å²) in [7, 11) is 0. The third kappa shape index (κ3) is 3.87. The molecule has 5 nitrogen and oxygen atoms in total. The quantitative estimate of drug-likeness (QED) is 0.826. The first-order valence-electron chi connectivity index (χ1n) is 8.68. The Morgan fingerprint density at radius 2 is 2.08 bits per heavy atom. The molecule has 0 radical (unpaired) electrons. The van der Waals surface area contributed by atoms with Crippen LogP contribution in [0.1, 0.15) is 23.7 Å². The van der Waals surface area contributed by atoms with Crippen LogP contribution >= 0.6 is 0 Å². The molecule has 1 aromatic rings. The Balaban J connectivity index is 1.70. The number of ether oxygens (including phenoxy) is 2. The number of halogens is 1. The van der Waals surface area contributed by atoms with E-state index in [-0.39, 0.29) is 11.7 Å². The molecule has 1 atom stereocenters. The first-order valence-corrected chi connectivity index (χ1v) is 8.68. The molecule has 3 rings (SSSR count). The molecule has 24 heavy (non-hydrogen) atoms. The molecule has 132 valence electrons. The second-order valence-electron chi connectivity index (χ2n) is 6.34. The summed E-state index contributed by atoms with van der Waals surface area (Å²) < 4.78 is 25.2. The van der Waals surface area contributed by atoms with Gasteiger partial charge >= 0.3 is 0 Å². The number of hydrogen-bond acceptors (Lipinski definition) is 4. The van der Waals surface area contributed by atoms with Crippen molar-refractivity contribution in [3.05, 3.63) is 29.6 Å². The highest BCUT2D eigenvalue weighted by Gasteiger charge is 2.23. The van der Waals surface area contributed by atoms with Crippen molar-refractivity contribution in [2.75, 3.05) is 57.5 Å². The van der Waals surface area contributed by atoms with Crippen LogP contribution in [-0.4, -0.2) is 63.4 Å². The van der Waals surface area contributed by atoms with Gasteiger partial charge in [-0.05, 0) is 31.5 Å². The minimum Gasteiger partial charge on any atom is -0.381 e. The predicted octanol–water partition coefficient (Wildman–Crippen LogP) is 2.16. The van der Waals surface area contributed by atoms with Gasteiger partial charge in [0.1, 0.15) is 5.82 Å². The molecule has 0 bridgehead atoms. The molecule has 0 aromatic heterocycles. The summed E-state index contributed by atoms with van der Waals surface area (Å²) in [4.78, 5) is 16.4. The number of amides is 1. The monoisotopic (exact) mass is 336 g/mol. The van der Waals surface area contributed by atoms with Crippen LogP contribution in [0, 0.1) is 11.7 Å². The average Bonchev–Trinajstić information content (AvgIpc) is 3.13. The largest absolute Gasteiger partial charge is 0.381 e. The van der Waals surface area contributed by atoms with E-state index in [0.29, 0.717) is 63.2 Å². The fourth-order valence-electron chi connectivity index (χ4n) is 3.28. The van der Waals surface area contributed by atoms with E-state index in [4.69, 9.17) is 9.47 Å². The van der Waals surface area contributed by atoms with E-state index in [2.05, 4.69) is 0 Å². The smallest absolute Gasteiger partial charge is 0.253 e. The highest BCUT2D eigenvalue weighted by Crippen LogP contribution is 2.23. The van der Waals surface area contributed by atoms with Crippen LogP contribution in [0.4, 0.5) is 10.1 Å². The Labute approximate surface area is 142 Å². The van der Waals surface area contributed by atoms with Gasteiger partial charge in [-0.2, -0.15) is 0 Å². The average molecular weight is 336 g/mol. The highest BCUT2D eigenvalue weighted by atomic mass is 19.1. The Hall–Kier alpha value is -1.66. The van der Waals surface area contributed by atoms with Crippen molar-refractivity contribution in [2.45, 2.75) is 13.3 Å². The van der Waals surface area contributed by atoms with Gasteiger partial charge in [0.05, 0.1) is 25.5 Å². The summed E-state index contributed by atoms with van der Waals surface area (Å²) in [5, 5.41) is 0. The van der Waals surface area contributed by atoms with E-state index in [1.54, 1.807) is 17.0 Å². The number of carbonyl (C=O) groups is 1. The first-order chi connectivity index (χ1) is 11.7. The molecule has 0 N–H and O–H groups in total. The fraction of sp³-hybridized carbons (Fsp3) is 0.611. The van der Waals surface area contributed by atoms with Crippen molar-refractivity contribution in [2.24, 2.45) is 5.92 Å². The number of hydrogen-bond donors (Lipinski definition) is 0. The van der Waals surface area contributed by atoms with Gasteiger partial charge in [-0.3, -0.25) is 4.79 Å². The summed E-state index contributed by atoms with van der Waals surface area (Å²) >= 11 is 0. The van der Waals surface area contributed by atoms with Crippen LogP contribution in [0.25, 0.3) is 0 Å². The minimum atomic E-state index is -0.344. The Morgan fingerprint density at radius 3 is 2.71 bits per heavy atom. The van der Waals surface area contributed by atoms with Crippen molar-refractivity contribution >= 4 is 11.6 Å². The van der Waals surface area contributed by atoms with Crippen LogP contribution in [-0.2, 0) is 9.47 Å². The van der Waals surface area contributed by atoms with Crippen LogP contribution in [0.3, 0.4) is 0 Å². The molecule has 2 saturated heterocycles. The SMILES string of the molecule is CCN(C[C@H]1CCOC1)C(=O)c1ccc(N2CCOCC2)c(F)c1. The topological polar surface area (TPSA) is 42.0 Å². The number of carbonyl (C=O) groups excluding carboxylic acids is 1. The predicted molar refractivity (Wildman–Crippen MR) is 89.9 cm³/mol. The third-order valence-corrected chi connectivity index (χ3v) is 4.72. The second kappa shape index (κ2) is 7.94. The lowest BCUT2D eigenvalue weighted by molar-refractivity contribution is 0.0730. The van der Waals surface area contributed by atoms with Crippen molar-refractivity contribution in [3.63, 3.8) is 0 Å². The summed E-state index contributed by atoms with van der Waals surface area (Å²) in [6.07, 6.45) is 0.980. The molecule has 0 aliphatic carbocycles. The summed E-state index contributed by atoms with van der Waals surface area (Å²) in [5.41, 5.74) is 0.951. The molecular weight excluding hydrogens is 311 g/mol. The van der Waals surface area contributed by atoms with Crippen molar-refractivity contribution in [1.82, 2.24) is 4.90 Å². The second-order valence-corrected chi connectivity index (χ2v) is 6.34. The number of rotatable bonds is 5. The Bertz CT molecular complexity index is 569. The Morgan fingerprint density at radius 1 is 1.29 bits per heavy atom. The molecular formula is C18H25FN2O3. The fourth-order valence-corrected chi connectivity index (χ4v) is 3.28. The van der Waals surface area contributed by atoms with Gasteiger partial charge in [0.15, 0.2) is 0 Å². The maximum atomic E-state index is 14.5. The summed E-state index contributed by atoms with van der Waals surface area (Å²) in [6, 6.07) is 4.80. The standard InChI is InChI=1S/C18H25FN2O3/c1-2-20(12-14-5-8-24-13-14)18(22)15-3-4-17(16(19)11-15)21-6-9-23-10-7-21/h3-4,11,14H,2,5-10,12-13H2,1H3/t14-/m1/s1. The summed E-state index contributed by atoms with van der Waals surface area (Å²) in [5.74, 6) is -0.0776. The number of anilines is 1. The number of nitrogens with zero attached hydrogens (tertiary/aromatic N) is 2. The van der Waals surface area contributed by atoms with E-state index in [1.807, 2.05) is 11.8 Å². The first kappa shape index (κ1) is 17.2. The molecule has 6 heteroatoms. The van der Waals surface area contributed by atoms with Crippen molar-refractivity contribution < 1.29 is 18.7 Å². The minimum absolute atomic E-state index is 0.114. The zero-order chi connectivity index (χ0) is 16.9. The van der Waals surface area contributed by atoms with Gasteiger partial charge in [-0.25, -0.2) is 4.39 Å². The molecule has 1 amide bonds.